The number of halogens is 10. The largest absolute Gasteiger partial charge is 0.478 e. The van der Waals surface area contributed by atoms with Gasteiger partial charge in [-0.05, 0) is 29.8 Å². The number of Topliss-reactive ketones (excluding diaryl/α,β-unsaturated/α-hetero) is 1. The van der Waals surface area contributed by atoms with Crippen LogP contribution in [0.5, 0.6) is 0 Å². The van der Waals surface area contributed by atoms with Gasteiger partial charge in [0, 0.05) is 23.8 Å². The Morgan fingerprint density at radius 1 is 0.645 bits per heavy atom. The molecule has 3 nitrogen and oxygen atoms in total. The Hall–Kier alpha value is -3.38. The first-order valence-corrected chi connectivity index (χ1v) is 7.56. The first-order chi connectivity index (χ1) is 14.0. The van der Waals surface area contributed by atoms with Crippen LogP contribution in [0, 0.1) is 23.3 Å². The Morgan fingerprint density at radius 2 is 1.00 bits per heavy atom. The van der Waals surface area contributed by atoms with Crippen molar-refractivity contribution in [3.8, 4) is 0 Å². The smallest absolute Gasteiger partial charge is 0.454 e. The zero-order chi connectivity index (χ0) is 24.1. The Morgan fingerprint density at radius 3 is 1.29 bits per heavy atom. The fraction of sp³-hybridized carbons (Fsp3) is 0.111. The number of carboxylic acid groups (broad SMARTS) is 1. The van der Waals surface area contributed by atoms with Crippen LogP contribution in [0.15, 0.2) is 42.5 Å². The fourth-order valence-electron chi connectivity index (χ4n) is 2.01. The summed E-state index contributed by atoms with van der Waals surface area (Å²) in [4.78, 5) is 20.7. The molecule has 31 heavy (non-hydrogen) atoms. The minimum Gasteiger partial charge on any atom is -0.478 e. The third-order valence-electron chi connectivity index (χ3n) is 3.13. The summed E-state index contributed by atoms with van der Waals surface area (Å²) >= 11 is 0. The van der Waals surface area contributed by atoms with Crippen molar-refractivity contribution in [3.05, 3.63) is 76.9 Å². The van der Waals surface area contributed by atoms with Crippen molar-refractivity contribution < 1.29 is 58.6 Å². The summed E-state index contributed by atoms with van der Waals surface area (Å²) in [7, 11) is 0. The van der Waals surface area contributed by atoms with Gasteiger partial charge in [-0.3, -0.25) is 4.79 Å². The Balaban J connectivity index is 0.000000316. The number of rotatable bonds is 3. The van der Waals surface area contributed by atoms with E-state index in [1.54, 1.807) is 0 Å². The van der Waals surface area contributed by atoms with Crippen LogP contribution in [0.2, 0.25) is 0 Å². The normalized spacial score (nSPS) is 12.1. The van der Waals surface area contributed by atoms with Crippen LogP contribution in [-0.4, -0.2) is 29.2 Å². The lowest BCUT2D eigenvalue weighted by molar-refractivity contribution is -0.131. The second-order valence-corrected chi connectivity index (χ2v) is 5.54. The molecule has 0 bridgehead atoms. The van der Waals surface area contributed by atoms with Crippen molar-refractivity contribution in [2.24, 2.45) is 0 Å². The average molecular weight is 462 g/mol. The van der Waals surface area contributed by atoms with Crippen LogP contribution < -0.4 is 0 Å². The molecule has 0 fully saturated rings. The third kappa shape index (κ3) is 8.10. The molecule has 0 heterocycles. The number of hydrogen-bond donors (Lipinski definition) is 1. The first kappa shape index (κ1) is 25.7. The van der Waals surface area contributed by atoms with E-state index in [0.29, 0.717) is 36.4 Å². The Kier molecular flexibility index (Phi) is 7.96. The monoisotopic (exact) mass is 462 g/mol. The summed E-state index contributed by atoms with van der Waals surface area (Å²) in [5, 5.41) is 8.28. The first-order valence-electron chi connectivity index (χ1n) is 7.56. The number of carbonyl (C=O) groups excluding carboxylic acids is 1. The molecule has 0 aromatic heterocycles. The maximum absolute atomic E-state index is 12.7. The molecule has 0 radical (unpaired) electrons. The number of aliphatic carboxylic acids is 1. The van der Waals surface area contributed by atoms with Gasteiger partial charge in [-0.25, -0.2) is 22.4 Å². The Bertz CT molecular complexity index is 966. The number of carboxylic acids is 1. The van der Waals surface area contributed by atoms with Gasteiger partial charge in [0.25, 0.3) is 5.78 Å². The second-order valence-electron chi connectivity index (χ2n) is 5.54. The molecule has 168 valence electrons. The van der Waals surface area contributed by atoms with E-state index >= 15 is 0 Å². The Labute approximate surface area is 166 Å². The quantitative estimate of drug-likeness (QED) is 0.362. The minimum atomic E-state index is -5.12. The molecule has 0 saturated carbocycles. The summed E-state index contributed by atoms with van der Waals surface area (Å²) < 4.78 is 123. The zero-order valence-electron chi connectivity index (χ0n) is 14.6. The number of carbonyl (C=O) groups is 2. The molecule has 2 aromatic carbocycles. The third-order valence-corrected chi connectivity index (χ3v) is 3.13. The van der Waals surface area contributed by atoms with E-state index in [-0.39, 0.29) is 6.08 Å². The molecule has 2 aromatic rings. The topological polar surface area (TPSA) is 54.4 Å². The van der Waals surface area contributed by atoms with E-state index in [1.165, 1.54) is 0 Å². The van der Waals surface area contributed by atoms with Crippen molar-refractivity contribution in [1.82, 2.24) is 0 Å². The lowest BCUT2D eigenvalue weighted by Crippen LogP contribution is -2.22. The van der Waals surface area contributed by atoms with E-state index in [0.717, 1.165) is 0 Å². The highest BCUT2D eigenvalue weighted by atomic mass is 19.4. The van der Waals surface area contributed by atoms with Crippen molar-refractivity contribution in [2.75, 3.05) is 0 Å². The highest BCUT2D eigenvalue weighted by molar-refractivity contribution is 6.00. The molecule has 2 rings (SSSR count). The number of alkyl halides is 6. The molecule has 1 N–H and O–H groups in total. The lowest BCUT2D eigenvalue weighted by Gasteiger charge is -2.11. The second kappa shape index (κ2) is 9.62. The summed E-state index contributed by atoms with van der Waals surface area (Å²) in [6.45, 7) is 0. The number of benzene rings is 2. The van der Waals surface area contributed by atoms with Gasteiger partial charge in [0.05, 0.1) is 5.57 Å². The van der Waals surface area contributed by atoms with Gasteiger partial charge in [0.2, 0.25) is 0 Å². The highest BCUT2D eigenvalue weighted by Crippen LogP contribution is 2.34. The van der Waals surface area contributed by atoms with Crippen LogP contribution in [0.4, 0.5) is 43.9 Å². The molecule has 0 aliphatic rings. The SMILES string of the molecule is O=C(O)/C=C(\c1cc(F)cc(F)c1)C(F)(F)F.O=C(c1cc(F)cc(F)c1)C(F)(F)F. The van der Waals surface area contributed by atoms with E-state index < -0.39 is 64.1 Å². The maximum Gasteiger partial charge on any atom is 0.454 e. The van der Waals surface area contributed by atoms with Crippen molar-refractivity contribution in [3.63, 3.8) is 0 Å². The van der Waals surface area contributed by atoms with Crippen LogP contribution in [0.1, 0.15) is 15.9 Å². The van der Waals surface area contributed by atoms with Crippen LogP contribution in [0.25, 0.3) is 5.57 Å². The lowest BCUT2D eigenvalue weighted by atomic mass is 10.0. The van der Waals surface area contributed by atoms with Crippen molar-refractivity contribution in [1.29, 1.82) is 0 Å². The molecule has 0 amide bonds. The zero-order valence-corrected chi connectivity index (χ0v) is 14.6. The highest BCUT2D eigenvalue weighted by Gasteiger charge is 2.39. The van der Waals surface area contributed by atoms with Gasteiger partial charge in [-0.2, -0.15) is 26.3 Å². The summed E-state index contributed by atoms with van der Waals surface area (Å²) in [5.74, 6) is -9.02. The molecule has 0 spiro atoms. The van der Waals surface area contributed by atoms with Crippen molar-refractivity contribution >= 4 is 17.3 Å². The van der Waals surface area contributed by atoms with Crippen molar-refractivity contribution in [2.45, 2.75) is 12.4 Å². The van der Waals surface area contributed by atoms with Crippen LogP contribution >= 0.6 is 0 Å². The molecule has 0 saturated heterocycles. The maximum atomic E-state index is 12.7. The van der Waals surface area contributed by atoms with Crippen LogP contribution in [-0.2, 0) is 4.79 Å². The molecular formula is C18H8F10O3. The number of hydrogen-bond acceptors (Lipinski definition) is 2. The van der Waals surface area contributed by atoms with E-state index in [2.05, 4.69) is 0 Å². The number of allylic oxidation sites excluding steroid dienone is 1. The predicted molar refractivity (Wildman–Crippen MR) is 84.8 cm³/mol. The van der Waals surface area contributed by atoms with E-state index in [1.807, 2.05) is 0 Å². The predicted octanol–water partition coefficient (Wildman–Crippen LogP) is 5.70. The molecular weight excluding hydrogens is 454 g/mol. The van der Waals surface area contributed by atoms with Gasteiger partial charge in [-0.15, -0.1) is 0 Å². The molecule has 13 heteroatoms. The minimum absolute atomic E-state index is 0.145. The van der Waals surface area contributed by atoms with Gasteiger partial charge >= 0.3 is 18.3 Å². The fourth-order valence-corrected chi connectivity index (χ4v) is 2.01. The average Bonchev–Trinajstić information content (AvgIpc) is 2.56. The molecule has 0 aliphatic carbocycles. The summed E-state index contributed by atoms with van der Waals surface area (Å²) in [5.41, 5.74) is -3.55. The summed E-state index contributed by atoms with van der Waals surface area (Å²) in [6.07, 6.45) is -10.3. The number of ketones is 1. The standard InChI is InChI=1S/C10H5F5O2.C8H3F5O/c11-6-1-5(2-7(12)3-6)8(4-9(16)17)10(13,14)15;9-5-1-4(2-6(10)3-5)7(14)8(11,12)13/h1-4H,(H,16,17);1-3H/b8-4+;. The van der Waals surface area contributed by atoms with Gasteiger partial charge in [0.1, 0.15) is 23.3 Å². The molecule has 0 aliphatic heterocycles. The molecule has 0 atom stereocenters. The van der Waals surface area contributed by atoms with E-state index in [4.69, 9.17) is 5.11 Å². The van der Waals surface area contributed by atoms with Gasteiger partial charge in [-0.1, -0.05) is 0 Å². The molecule has 0 unspecified atom stereocenters. The van der Waals surface area contributed by atoms with Crippen LogP contribution in [0.3, 0.4) is 0 Å². The summed E-state index contributed by atoms with van der Waals surface area (Å²) in [6, 6.07) is 2.25. The van der Waals surface area contributed by atoms with Gasteiger partial charge < -0.3 is 5.11 Å². The van der Waals surface area contributed by atoms with E-state index in [9.17, 15) is 53.5 Å². The van der Waals surface area contributed by atoms with Gasteiger partial charge in [0.15, 0.2) is 0 Å².